The fourth-order valence-electron chi connectivity index (χ4n) is 1.84. The molecule has 1 N–H and O–H groups in total. The Balaban J connectivity index is 2.04. The summed E-state index contributed by atoms with van der Waals surface area (Å²) in [6.07, 6.45) is -1.13. The minimum absolute atomic E-state index is 0.0295. The van der Waals surface area contributed by atoms with E-state index in [2.05, 4.69) is 5.32 Å². The van der Waals surface area contributed by atoms with E-state index in [4.69, 9.17) is 16.3 Å². The molecule has 0 aliphatic heterocycles. The van der Waals surface area contributed by atoms with Crippen molar-refractivity contribution in [1.29, 1.82) is 0 Å². The molecule has 0 bridgehead atoms. The maximum atomic E-state index is 12.1. The van der Waals surface area contributed by atoms with E-state index in [1.165, 1.54) is 49.4 Å². The lowest BCUT2D eigenvalue weighted by Crippen LogP contribution is -2.30. The minimum atomic E-state index is -1.13. The van der Waals surface area contributed by atoms with Crippen LogP contribution in [-0.2, 0) is 9.53 Å². The third kappa shape index (κ3) is 4.30. The van der Waals surface area contributed by atoms with Gasteiger partial charge >= 0.3 is 5.97 Å². The van der Waals surface area contributed by atoms with Crippen LogP contribution >= 0.6 is 11.6 Å². The van der Waals surface area contributed by atoms with Crippen molar-refractivity contribution in [3.05, 3.63) is 69.2 Å². The van der Waals surface area contributed by atoms with Crippen LogP contribution in [0.1, 0.15) is 17.3 Å². The summed E-state index contributed by atoms with van der Waals surface area (Å²) in [5.74, 6) is -1.37. The number of amides is 1. The van der Waals surface area contributed by atoms with Crippen LogP contribution in [-0.4, -0.2) is 22.9 Å². The molecule has 2 rings (SSSR count). The van der Waals surface area contributed by atoms with E-state index >= 15 is 0 Å². The van der Waals surface area contributed by atoms with Crippen LogP contribution < -0.4 is 5.32 Å². The Kier molecular flexibility index (Phi) is 5.49. The van der Waals surface area contributed by atoms with Gasteiger partial charge in [0.05, 0.1) is 10.5 Å². The molecule has 0 saturated heterocycles. The summed E-state index contributed by atoms with van der Waals surface area (Å²) in [7, 11) is 0. The highest BCUT2D eigenvalue weighted by atomic mass is 35.5. The molecule has 124 valence electrons. The SMILES string of the molecule is C[C@H](OC(=O)c1ccc(Cl)cc1)C(=O)Nc1ccccc1[N+](=O)[O-]. The number of esters is 1. The van der Waals surface area contributed by atoms with Crippen molar-refractivity contribution in [3.8, 4) is 0 Å². The molecule has 0 fully saturated rings. The standard InChI is InChI=1S/C16H13ClN2O5/c1-10(24-16(21)11-6-8-12(17)9-7-11)15(20)18-13-4-2-3-5-14(13)19(22)23/h2-10H,1H3,(H,18,20)/t10-/m0/s1. The molecular weight excluding hydrogens is 336 g/mol. The Bertz CT molecular complexity index is 776. The van der Waals surface area contributed by atoms with Crippen LogP contribution in [0, 0.1) is 10.1 Å². The van der Waals surface area contributed by atoms with E-state index in [0.717, 1.165) is 0 Å². The number of nitro benzene ring substituents is 1. The Morgan fingerprint density at radius 3 is 2.42 bits per heavy atom. The summed E-state index contributed by atoms with van der Waals surface area (Å²) in [6, 6.07) is 11.7. The van der Waals surface area contributed by atoms with E-state index in [9.17, 15) is 19.7 Å². The quantitative estimate of drug-likeness (QED) is 0.507. The van der Waals surface area contributed by atoms with Gasteiger partial charge in [0.25, 0.3) is 11.6 Å². The van der Waals surface area contributed by atoms with Crippen LogP contribution in [0.3, 0.4) is 0 Å². The third-order valence-electron chi connectivity index (χ3n) is 3.09. The summed E-state index contributed by atoms with van der Waals surface area (Å²) in [5, 5.41) is 13.8. The Hall–Kier alpha value is -2.93. The summed E-state index contributed by atoms with van der Waals surface area (Å²) >= 11 is 5.73. The van der Waals surface area contributed by atoms with Crippen LogP contribution in [0.25, 0.3) is 0 Å². The van der Waals surface area contributed by atoms with E-state index in [-0.39, 0.29) is 16.9 Å². The van der Waals surface area contributed by atoms with Gasteiger partial charge in [-0.3, -0.25) is 14.9 Å². The van der Waals surface area contributed by atoms with Crippen molar-refractivity contribution >= 4 is 34.9 Å². The molecule has 0 spiro atoms. The van der Waals surface area contributed by atoms with Crippen LogP contribution in [0.15, 0.2) is 48.5 Å². The molecule has 0 saturated carbocycles. The molecule has 0 heterocycles. The normalized spacial score (nSPS) is 11.4. The molecule has 8 heteroatoms. The van der Waals surface area contributed by atoms with Gasteiger partial charge in [0.1, 0.15) is 5.69 Å². The molecule has 0 aliphatic carbocycles. The fourth-order valence-corrected chi connectivity index (χ4v) is 1.97. The van der Waals surface area contributed by atoms with Gasteiger partial charge < -0.3 is 10.1 Å². The number of hydrogen-bond acceptors (Lipinski definition) is 5. The van der Waals surface area contributed by atoms with Gasteiger partial charge in [0.2, 0.25) is 0 Å². The predicted octanol–water partition coefficient (Wildman–Crippen LogP) is 3.43. The number of anilines is 1. The van der Waals surface area contributed by atoms with Crippen molar-refractivity contribution in [1.82, 2.24) is 0 Å². The molecule has 0 aliphatic rings. The molecule has 7 nitrogen and oxygen atoms in total. The first-order chi connectivity index (χ1) is 11.4. The zero-order valence-electron chi connectivity index (χ0n) is 12.6. The van der Waals surface area contributed by atoms with Crippen molar-refractivity contribution in [2.75, 3.05) is 5.32 Å². The second kappa shape index (κ2) is 7.56. The number of carbonyl (C=O) groups is 2. The van der Waals surface area contributed by atoms with Crippen molar-refractivity contribution in [2.45, 2.75) is 13.0 Å². The molecule has 2 aromatic carbocycles. The van der Waals surface area contributed by atoms with Gasteiger partial charge in [-0.15, -0.1) is 0 Å². The zero-order valence-corrected chi connectivity index (χ0v) is 13.3. The smallest absolute Gasteiger partial charge is 0.338 e. The molecule has 0 unspecified atom stereocenters. The van der Waals surface area contributed by atoms with Gasteiger partial charge in [-0.1, -0.05) is 23.7 Å². The number of para-hydroxylation sites is 2. The Morgan fingerprint density at radius 2 is 1.79 bits per heavy atom. The van der Waals surface area contributed by atoms with Gasteiger partial charge in [-0.05, 0) is 37.3 Å². The number of carbonyl (C=O) groups excluding carboxylic acids is 2. The van der Waals surface area contributed by atoms with Crippen molar-refractivity contribution in [3.63, 3.8) is 0 Å². The number of hydrogen-bond donors (Lipinski definition) is 1. The second-order valence-electron chi connectivity index (χ2n) is 4.82. The van der Waals surface area contributed by atoms with Crippen LogP contribution in [0.4, 0.5) is 11.4 Å². The van der Waals surface area contributed by atoms with E-state index in [0.29, 0.717) is 5.02 Å². The molecular formula is C16H13ClN2O5. The maximum absolute atomic E-state index is 12.1. The van der Waals surface area contributed by atoms with E-state index in [1.54, 1.807) is 6.07 Å². The fraction of sp³-hybridized carbons (Fsp3) is 0.125. The highest BCUT2D eigenvalue weighted by Crippen LogP contribution is 2.23. The average molecular weight is 349 g/mol. The molecule has 1 atom stereocenters. The summed E-state index contributed by atoms with van der Waals surface area (Å²) in [5.41, 5.74) is 0.0220. The van der Waals surface area contributed by atoms with Gasteiger partial charge in [-0.25, -0.2) is 4.79 Å². The van der Waals surface area contributed by atoms with Crippen molar-refractivity contribution < 1.29 is 19.2 Å². The number of nitrogens with one attached hydrogen (secondary N) is 1. The van der Waals surface area contributed by atoms with Gasteiger partial charge in [-0.2, -0.15) is 0 Å². The van der Waals surface area contributed by atoms with Gasteiger partial charge in [0.15, 0.2) is 6.10 Å². The number of nitrogens with zero attached hydrogens (tertiary/aromatic N) is 1. The van der Waals surface area contributed by atoms with Crippen molar-refractivity contribution in [2.24, 2.45) is 0 Å². The number of ether oxygens (including phenoxy) is 1. The monoisotopic (exact) mass is 348 g/mol. The molecule has 2 aromatic rings. The molecule has 0 radical (unpaired) electrons. The lowest BCUT2D eigenvalue weighted by molar-refractivity contribution is -0.383. The van der Waals surface area contributed by atoms with E-state index < -0.39 is 22.9 Å². The average Bonchev–Trinajstić information content (AvgIpc) is 2.55. The Morgan fingerprint density at radius 1 is 1.17 bits per heavy atom. The number of rotatable bonds is 5. The molecule has 0 aromatic heterocycles. The maximum Gasteiger partial charge on any atom is 0.338 e. The van der Waals surface area contributed by atoms with Crippen LogP contribution in [0.5, 0.6) is 0 Å². The third-order valence-corrected chi connectivity index (χ3v) is 3.34. The number of benzene rings is 2. The largest absolute Gasteiger partial charge is 0.449 e. The summed E-state index contributed by atoms with van der Waals surface area (Å²) in [4.78, 5) is 34.3. The molecule has 24 heavy (non-hydrogen) atoms. The number of nitro groups is 1. The highest BCUT2D eigenvalue weighted by Gasteiger charge is 2.22. The van der Waals surface area contributed by atoms with Crippen LogP contribution in [0.2, 0.25) is 5.02 Å². The predicted molar refractivity (Wildman–Crippen MR) is 88.1 cm³/mol. The topological polar surface area (TPSA) is 98.5 Å². The first-order valence-electron chi connectivity index (χ1n) is 6.89. The Labute approximate surface area is 142 Å². The molecule has 1 amide bonds. The lowest BCUT2D eigenvalue weighted by Gasteiger charge is -2.13. The highest BCUT2D eigenvalue weighted by molar-refractivity contribution is 6.30. The zero-order chi connectivity index (χ0) is 17.7. The number of halogens is 1. The van der Waals surface area contributed by atoms with Gasteiger partial charge in [0, 0.05) is 11.1 Å². The van der Waals surface area contributed by atoms with E-state index in [1.807, 2.05) is 0 Å². The first-order valence-corrected chi connectivity index (χ1v) is 7.27. The second-order valence-corrected chi connectivity index (χ2v) is 5.25. The minimum Gasteiger partial charge on any atom is -0.449 e. The first kappa shape index (κ1) is 17.4. The summed E-state index contributed by atoms with van der Waals surface area (Å²) < 4.78 is 5.05. The lowest BCUT2D eigenvalue weighted by atomic mass is 10.2. The summed E-state index contributed by atoms with van der Waals surface area (Å²) in [6.45, 7) is 1.37.